The zero-order valence-corrected chi connectivity index (χ0v) is 28.4. The van der Waals surface area contributed by atoms with Crippen LogP contribution in [0.15, 0.2) is 97.1 Å². The van der Waals surface area contributed by atoms with Crippen LogP contribution in [0.5, 0.6) is 0 Å². The largest absolute Gasteiger partial charge is 0.352 e. The molecule has 6 aromatic rings. The number of fused-ring (bicyclic) bond motifs is 8. The van der Waals surface area contributed by atoms with Crippen molar-refractivity contribution in [3.63, 3.8) is 0 Å². The van der Waals surface area contributed by atoms with Gasteiger partial charge in [-0.15, -0.1) is 0 Å². The van der Waals surface area contributed by atoms with Crippen LogP contribution in [-0.2, 0) is 0 Å². The van der Waals surface area contributed by atoms with Crippen molar-refractivity contribution in [2.24, 2.45) is 5.73 Å². The number of para-hydroxylation sites is 2. The molecule has 2 aliphatic carbocycles. The van der Waals surface area contributed by atoms with Crippen molar-refractivity contribution >= 4 is 45.2 Å². The maximum atomic E-state index is 13.3. The molecule has 2 aliphatic rings. The fourth-order valence-corrected chi connectivity index (χ4v) is 7.30. The highest BCUT2D eigenvalue weighted by Gasteiger charge is 2.30. The Morgan fingerprint density at radius 3 is 1.44 bits per heavy atom. The second kappa shape index (κ2) is 13.9. The average molecular weight is 689 g/mol. The molecular weight excluding hydrogens is 653 g/mol. The van der Waals surface area contributed by atoms with Crippen molar-refractivity contribution in [3.05, 3.63) is 130 Å². The molecule has 0 saturated carbocycles. The molecule has 4 N–H and O–H groups in total. The third-order valence-corrected chi connectivity index (χ3v) is 9.84. The summed E-state index contributed by atoms with van der Waals surface area (Å²) >= 11 is 0. The minimum Gasteiger partial charge on any atom is -0.352 e. The fourth-order valence-electron chi connectivity index (χ4n) is 7.30. The van der Waals surface area contributed by atoms with E-state index < -0.39 is 0 Å². The highest BCUT2D eigenvalue weighted by Crippen LogP contribution is 2.38. The lowest BCUT2D eigenvalue weighted by Crippen LogP contribution is -2.35. The smallest absolute Gasteiger partial charge is 0.253 e. The minimum atomic E-state index is -0.215. The van der Waals surface area contributed by atoms with E-state index in [1.54, 1.807) is 24.3 Å². The second-order valence-electron chi connectivity index (χ2n) is 13.1. The lowest BCUT2D eigenvalue weighted by Gasteiger charge is -2.21. The van der Waals surface area contributed by atoms with Crippen LogP contribution < -0.4 is 16.4 Å². The van der Waals surface area contributed by atoms with Crippen LogP contribution in [0.3, 0.4) is 0 Å². The molecule has 52 heavy (non-hydrogen) atoms. The van der Waals surface area contributed by atoms with Crippen molar-refractivity contribution in [1.29, 1.82) is 0 Å². The molecule has 0 aliphatic heterocycles. The first kappa shape index (κ1) is 33.1. The van der Waals surface area contributed by atoms with Crippen LogP contribution >= 0.6 is 0 Å². The Kier molecular flexibility index (Phi) is 8.84. The highest BCUT2D eigenvalue weighted by atomic mass is 16.2. The number of nitrogens with two attached hydrogens (primary N) is 1. The number of amides is 2. The van der Waals surface area contributed by atoms with E-state index in [2.05, 4.69) is 15.5 Å². The van der Waals surface area contributed by atoms with Crippen molar-refractivity contribution < 1.29 is 19.2 Å². The summed E-state index contributed by atoms with van der Waals surface area (Å²) in [4.78, 5) is 64.4. The topological polar surface area (TPSA) is 147 Å². The highest BCUT2D eigenvalue weighted by molar-refractivity contribution is 6.23. The van der Waals surface area contributed by atoms with Gasteiger partial charge in [0, 0.05) is 70.3 Å². The summed E-state index contributed by atoms with van der Waals surface area (Å²) in [5.74, 6) is -0.522. The van der Waals surface area contributed by atoms with E-state index in [9.17, 15) is 19.2 Å². The van der Waals surface area contributed by atoms with E-state index in [0.717, 1.165) is 35.0 Å². The number of pyridine rings is 2. The Bertz CT molecular complexity index is 2270. The van der Waals surface area contributed by atoms with Gasteiger partial charge in [-0.2, -0.15) is 0 Å². The third kappa shape index (κ3) is 5.91. The lowest BCUT2D eigenvalue weighted by molar-refractivity contribution is 0.0947. The molecule has 8 rings (SSSR count). The summed E-state index contributed by atoms with van der Waals surface area (Å²) in [6.45, 7) is 3.57. The maximum absolute atomic E-state index is 13.3. The molecule has 2 aromatic heterocycles. The molecule has 0 unspecified atom stereocenters. The van der Waals surface area contributed by atoms with Crippen molar-refractivity contribution in [3.8, 4) is 22.5 Å². The summed E-state index contributed by atoms with van der Waals surface area (Å²) in [5.41, 5.74) is 13.2. The van der Waals surface area contributed by atoms with Crippen LogP contribution in [0.2, 0.25) is 0 Å². The Labute approximate surface area is 300 Å². The SMILES string of the molecule is NCCN(CCCNC(=O)c1cccc2cc3c(nc12)-c1ccccc1C3=O)CCCNC(=O)c1cccc2cc3c(nc12)-c1ccccc1C3=O. The number of hydrogen-bond acceptors (Lipinski definition) is 8. The molecule has 0 radical (unpaired) electrons. The summed E-state index contributed by atoms with van der Waals surface area (Å²) in [5, 5.41) is 7.57. The van der Waals surface area contributed by atoms with Gasteiger partial charge in [0.1, 0.15) is 0 Å². The third-order valence-electron chi connectivity index (χ3n) is 9.84. The van der Waals surface area contributed by atoms with Gasteiger partial charge in [-0.25, -0.2) is 9.97 Å². The van der Waals surface area contributed by atoms with Crippen LogP contribution in [-0.4, -0.2) is 77.5 Å². The number of nitrogens with zero attached hydrogens (tertiary/aromatic N) is 3. The van der Waals surface area contributed by atoms with Gasteiger partial charge in [0.05, 0.1) is 33.5 Å². The Morgan fingerprint density at radius 1 is 0.558 bits per heavy atom. The summed E-state index contributed by atoms with van der Waals surface area (Å²) in [6, 6.07) is 29.4. The van der Waals surface area contributed by atoms with E-state index >= 15 is 0 Å². The number of carbonyl (C=O) groups is 4. The predicted molar refractivity (Wildman–Crippen MR) is 201 cm³/mol. The standard InChI is InChI=1S/C42H36N6O4/c43-17-22-48(20-7-18-44-41(51)31-15-5-9-25-23-33-37(46-35(25)31)27-11-1-3-13-29(27)39(33)49)21-8-19-45-42(52)32-16-6-10-26-24-34-38(47-36(26)32)28-12-2-4-14-30(28)40(34)50/h1-6,9-16,23-24H,7-8,17-22,43H2,(H,44,51)(H,45,52). The monoisotopic (exact) mass is 688 g/mol. The Balaban J connectivity index is 0.854. The molecular formula is C42H36N6O4. The molecule has 4 aromatic carbocycles. The molecule has 0 atom stereocenters. The first-order valence-corrected chi connectivity index (χ1v) is 17.6. The van der Waals surface area contributed by atoms with E-state index in [-0.39, 0.29) is 23.4 Å². The van der Waals surface area contributed by atoms with E-state index in [1.807, 2.05) is 72.8 Å². The number of hydrogen-bond donors (Lipinski definition) is 3. The fraction of sp³-hybridized carbons (Fsp3) is 0.190. The maximum Gasteiger partial charge on any atom is 0.253 e. The van der Waals surface area contributed by atoms with Crippen LogP contribution in [0.1, 0.15) is 65.4 Å². The van der Waals surface area contributed by atoms with Crippen LogP contribution in [0.25, 0.3) is 44.3 Å². The molecule has 2 heterocycles. The zero-order chi connectivity index (χ0) is 35.8. The zero-order valence-electron chi connectivity index (χ0n) is 28.4. The van der Waals surface area contributed by atoms with Crippen molar-refractivity contribution in [2.45, 2.75) is 12.8 Å². The molecule has 2 amide bonds. The lowest BCUT2D eigenvalue weighted by atomic mass is 10.0. The number of rotatable bonds is 12. The Hall–Kier alpha value is -6.10. The van der Waals surface area contributed by atoms with Gasteiger partial charge < -0.3 is 21.3 Å². The first-order valence-electron chi connectivity index (χ1n) is 17.6. The summed E-state index contributed by atoms with van der Waals surface area (Å²) in [6.07, 6.45) is 1.43. The van der Waals surface area contributed by atoms with E-state index in [0.29, 0.717) is 94.8 Å². The van der Waals surface area contributed by atoms with E-state index in [1.165, 1.54) is 0 Å². The minimum absolute atomic E-state index is 0.0459. The average Bonchev–Trinajstić information content (AvgIpc) is 3.61. The normalized spacial score (nSPS) is 12.6. The molecule has 258 valence electrons. The second-order valence-corrected chi connectivity index (χ2v) is 13.1. The molecule has 0 bridgehead atoms. The van der Waals surface area contributed by atoms with Gasteiger partial charge in [-0.1, -0.05) is 72.8 Å². The molecule has 10 heteroatoms. The number of carbonyl (C=O) groups excluding carboxylic acids is 4. The van der Waals surface area contributed by atoms with Crippen LogP contribution in [0, 0.1) is 0 Å². The predicted octanol–water partition coefficient (Wildman–Crippen LogP) is 5.41. The quantitative estimate of drug-likeness (QED) is 0.145. The molecule has 0 fully saturated rings. The molecule has 0 spiro atoms. The molecule has 0 saturated heterocycles. The van der Waals surface area contributed by atoms with Crippen LogP contribution in [0.4, 0.5) is 0 Å². The number of benzene rings is 4. The Morgan fingerprint density at radius 2 is 1.00 bits per heavy atom. The molecule has 10 nitrogen and oxygen atoms in total. The van der Waals surface area contributed by atoms with Gasteiger partial charge in [0.2, 0.25) is 0 Å². The number of aromatic nitrogens is 2. The van der Waals surface area contributed by atoms with Gasteiger partial charge in [-0.3, -0.25) is 19.2 Å². The summed E-state index contributed by atoms with van der Waals surface area (Å²) in [7, 11) is 0. The van der Waals surface area contributed by atoms with E-state index in [4.69, 9.17) is 15.7 Å². The first-order chi connectivity index (χ1) is 25.4. The van der Waals surface area contributed by atoms with Crippen molar-refractivity contribution in [2.75, 3.05) is 39.3 Å². The number of nitrogens with one attached hydrogen (secondary N) is 2. The van der Waals surface area contributed by atoms with Gasteiger partial charge >= 0.3 is 0 Å². The van der Waals surface area contributed by atoms with Crippen molar-refractivity contribution in [1.82, 2.24) is 25.5 Å². The van der Waals surface area contributed by atoms with Gasteiger partial charge in [0.15, 0.2) is 11.6 Å². The number of ketones is 2. The van der Waals surface area contributed by atoms with Gasteiger partial charge in [-0.05, 0) is 50.2 Å². The summed E-state index contributed by atoms with van der Waals surface area (Å²) < 4.78 is 0. The van der Waals surface area contributed by atoms with Gasteiger partial charge in [0.25, 0.3) is 11.8 Å².